The summed E-state index contributed by atoms with van der Waals surface area (Å²) in [4.78, 5) is 24.7. The Balaban J connectivity index is 1.71. The van der Waals surface area contributed by atoms with Crippen LogP contribution in [0.2, 0.25) is 0 Å². The highest BCUT2D eigenvalue weighted by molar-refractivity contribution is 7.00. The highest BCUT2D eigenvalue weighted by atomic mass is 32.1. The molecule has 0 spiro atoms. The van der Waals surface area contributed by atoms with Crippen molar-refractivity contribution < 1.29 is 9.21 Å². The minimum atomic E-state index is -0.521. The van der Waals surface area contributed by atoms with Gasteiger partial charge in [-0.3, -0.25) is 9.59 Å². The fraction of sp³-hybridized carbons (Fsp3) is 0. The van der Waals surface area contributed by atoms with Crippen LogP contribution in [0, 0.1) is 0 Å². The van der Waals surface area contributed by atoms with E-state index in [9.17, 15) is 9.59 Å². The van der Waals surface area contributed by atoms with E-state index in [0.29, 0.717) is 22.2 Å². The van der Waals surface area contributed by atoms with E-state index in [-0.39, 0.29) is 11.0 Å². The molecule has 0 bridgehead atoms. The van der Waals surface area contributed by atoms with Crippen LogP contribution >= 0.6 is 11.7 Å². The minimum absolute atomic E-state index is 0.0415. The molecule has 2 aromatic carbocycles. The molecule has 1 N–H and O–H groups in total. The maximum Gasteiger partial charge on any atom is 0.262 e. The monoisotopic (exact) mass is 323 g/mol. The van der Waals surface area contributed by atoms with Gasteiger partial charge in [-0.1, -0.05) is 12.1 Å². The quantitative estimate of drug-likeness (QED) is 0.613. The van der Waals surface area contributed by atoms with Crippen LogP contribution in [-0.4, -0.2) is 14.7 Å². The highest BCUT2D eigenvalue weighted by Gasteiger charge is 2.14. The van der Waals surface area contributed by atoms with Crippen LogP contribution in [0.3, 0.4) is 0 Å². The van der Waals surface area contributed by atoms with E-state index in [2.05, 4.69) is 14.1 Å². The molecule has 0 saturated carbocycles. The number of aromatic nitrogens is 2. The molecular weight excluding hydrogens is 314 g/mol. The average Bonchev–Trinajstić information content (AvgIpc) is 3.03. The smallest absolute Gasteiger partial charge is 0.262 e. The number of nitrogens with zero attached hydrogens (tertiary/aromatic N) is 2. The zero-order valence-electron chi connectivity index (χ0n) is 11.6. The molecule has 23 heavy (non-hydrogen) atoms. The number of nitrogens with one attached hydrogen (secondary N) is 1. The Morgan fingerprint density at radius 2 is 1.91 bits per heavy atom. The van der Waals surface area contributed by atoms with Crippen molar-refractivity contribution in [3.05, 3.63) is 64.5 Å². The molecule has 0 fully saturated rings. The van der Waals surface area contributed by atoms with E-state index in [1.807, 2.05) is 0 Å². The lowest BCUT2D eigenvalue weighted by Crippen LogP contribution is -2.21. The van der Waals surface area contributed by atoms with E-state index >= 15 is 0 Å². The van der Waals surface area contributed by atoms with E-state index in [1.54, 1.807) is 42.5 Å². The summed E-state index contributed by atoms with van der Waals surface area (Å²) in [6.45, 7) is 0. The second-order valence-electron chi connectivity index (χ2n) is 4.90. The molecule has 0 saturated heterocycles. The molecule has 0 aliphatic rings. The SMILES string of the molecule is O=C(Nc1ccc2nsnc2c1)c1coc2ccccc2c1=O. The van der Waals surface area contributed by atoms with Crippen LogP contribution in [0.25, 0.3) is 22.0 Å². The first-order chi connectivity index (χ1) is 11.2. The maximum atomic E-state index is 12.4. The van der Waals surface area contributed by atoms with Crippen molar-refractivity contribution in [2.75, 3.05) is 5.32 Å². The highest BCUT2D eigenvalue weighted by Crippen LogP contribution is 2.18. The summed E-state index contributed by atoms with van der Waals surface area (Å²) < 4.78 is 13.6. The molecule has 1 amide bonds. The second kappa shape index (κ2) is 5.29. The Hall–Kier alpha value is -3.06. The van der Waals surface area contributed by atoms with Gasteiger partial charge in [-0.05, 0) is 30.3 Å². The lowest BCUT2D eigenvalue weighted by Gasteiger charge is -2.05. The summed E-state index contributed by atoms with van der Waals surface area (Å²) in [5, 5.41) is 3.06. The van der Waals surface area contributed by atoms with E-state index in [1.165, 1.54) is 6.26 Å². The Morgan fingerprint density at radius 1 is 1.09 bits per heavy atom. The molecule has 2 heterocycles. The Kier molecular flexibility index (Phi) is 3.13. The Labute approximate surface area is 133 Å². The molecule has 0 atom stereocenters. The van der Waals surface area contributed by atoms with Crippen LogP contribution in [0.5, 0.6) is 0 Å². The van der Waals surface area contributed by atoms with Gasteiger partial charge in [0, 0.05) is 5.69 Å². The lowest BCUT2D eigenvalue weighted by molar-refractivity contribution is 0.102. The first-order valence-corrected chi connectivity index (χ1v) is 7.49. The molecule has 6 nitrogen and oxygen atoms in total. The van der Waals surface area contributed by atoms with E-state index in [0.717, 1.165) is 17.2 Å². The van der Waals surface area contributed by atoms with Crippen molar-refractivity contribution >= 4 is 45.3 Å². The van der Waals surface area contributed by atoms with Crippen molar-refractivity contribution in [3.8, 4) is 0 Å². The number of hydrogen-bond acceptors (Lipinski definition) is 6. The van der Waals surface area contributed by atoms with Crippen molar-refractivity contribution in [2.45, 2.75) is 0 Å². The van der Waals surface area contributed by atoms with Crippen LogP contribution in [0.15, 0.2) is 57.9 Å². The third-order valence-corrected chi connectivity index (χ3v) is 3.99. The molecule has 112 valence electrons. The molecule has 7 heteroatoms. The van der Waals surface area contributed by atoms with Gasteiger partial charge >= 0.3 is 0 Å². The lowest BCUT2D eigenvalue weighted by atomic mass is 10.1. The van der Waals surface area contributed by atoms with Gasteiger partial charge in [0.25, 0.3) is 5.91 Å². The standard InChI is InChI=1S/C16H9N3O3S/c20-15-10-3-1-2-4-14(10)22-8-11(15)16(21)17-9-5-6-12-13(7-9)19-23-18-12/h1-8H,(H,17,21). The Bertz CT molecular complexity index is 1100. The molecule has 0 unspecified atom stereocenters. The van der Waals surface area contributed by atoms with Gasteiger partial charge in [0.15, 0.2) is 0 Å². The number of carbonyl (C=O) groups is 1. The van der Waals surface area contributed by atoms with Crippen LogP contribution in [0.1, 0.15) is 10.4 Å². The van der Waals surface area contributed by atoms with Gasteiger partial charge in [0.1, 0.15) is 28.4 Å². The number of benzene rings is 2. The molecule has 0 radical (unpaired) electrons. The van der Waals surface area contributed by atoms with Crippen molar-refractivity contribution in [1.29, 1.82) is 0 Å². The van der Waals surface area contributed by atoms with Gasteiger partial charge < -0.3 is 9.73 Å². The zero-order valence-corrected chi connectivity index (χ0v) is 12.5. The maximum absolute atomic E-state index is 12.4. The van der Waals surface area contributed by atoms with Crippen molar-refractivity contribution in [1.82, 2.24) is 8.75 Å². The third kappa shape index (κ3) is 2.36. The van der Waals surface area contributed by atoms with Gasteiger partial charge in [-0.15, -0.1) is 0 Å². The average molecular weight is 323 g/mol. The summed E-state index contributed by atoms with van der Waals surface area (Å²) in [5.74, 6) is -0.521. The number of para-hydroxylation sites is 1. The van der Waals surface area contributed by atoms with Gasteiger partial charge in [-0.25, -0.2) is 0 Å². The summed E-state index contributed by atoms with van der Waals surface area (Å²) in [7, 11) is 0. The summed E-state index contributed by atoms with van der Waals surface area (Å²) in [5.41, 5.74) is 2.05. The van der Waals surface area contributed by atoms with E-state index in [4.69, 9.17) is 4.42 Å². The van der Waals surface area contributed by atoms with Gasteiger partial charge in [-0.2, -0.15) is 8.75 Å². The minimum Gasteiger partial charge on any atom is -0.463 e. The first kappa shape index (κ1) is 13.6. The number of rotatable bonds is 2. The molecule has 2 aromatic heterocycles. The number of fused-ring (bicyclic) bond motifs is 2. The van der Waals surface area contributed by atoms with Crippen LogP contribution in [0.4, 0.5) is 5.69 Å². The van der Waals surface area contributed by atoms with Gasteiger partial charge in [0.05, 0.1) is 17.1 Å². The number of carbonyl (C=O) groups excluding carboxylic acids is 1. The van der Waals surface area contributed by atoms with Crippen molar-refractivity contribution in [2.24, 2.45) is 0 Å². The fourth-order valence-electron chi connectivity index (χ4n) is 2.29. The molecule has 0 aliphatic carbocycles. The molecule has 4 rings (SSSR count). The summed E-state index contributed by atoms with van der Waals surface area (Å²) in [6, 6.07) is 12.0. The predicted octanol–water partition coefficient (Wildman–Crippen LogP) is 3.05. The summed E-state index contributed by atoms with van der Waals surface area (Å²) >= 11 is 1.10. The fourth-order valence-corrected chi connectivity index (χ4v) is 2.81. The topological polar surface area (TPSA) is 85.1 Å². The number of anilines is 1. The van der Waals surface area contributed by atoms with E-state index < -0.39 is 5.91 Å². The predicted molar refractivity (Wildman–Crippen MR) is 87.9 cm³/mol. The zero-order chi connectivity index (χ0) is 15.8. The normalized spacial score (nSPS) is 11.0. The Morgan fingerprint density at radius 3 is 2.83 bits per heavy atom. The first-order valence-electron chi connectivity index (χ1n) is 6.76. The largest absolute Gasteiger partial charge is 0.463 e. The van der Waals surface area contributed by atoms with Crippen LogP contribution in [-0.2, 0) is 0 Å². The summed E-state index contributed by atoms with van der Waals surface area (Å²) in [6.07, 6.45) is 1.18. The van der Waals surface area contributed by atoms with Gasteiger partial charge in [0.2, 0.25) is 5.43 Å². The third-order valence-electron chi connectivity index (χ3n) is 3.44. The molecule has 4 aromatic rings. The molecule has 0 aliphatic heterocycles. The number of hydrogen-bond donors (Lipinski definition) is 1. The number of amides is 1. The second-order valence-corrected chi connectivity index (χ2v) is 5.42. The van der Waals surface area contributed by atoms with Crippen LogP contribution < -0.4 is 10.7 Å². The molecular formula is C16H9N3O3S. The van der Waals surface area contributed by atoms with Crippen molar-refractivity contribution in [3.63, 3.8) is 0 Å².